The van der Waals surface area contributed by atoms with Crippen LogP contribution in [-0.4, -0.2) is 93.7 Å². The molecule has 0 heterocycles. The molecule has 5 aromatic rings. The number of ether oxygens (including phenoxy) is 5. The summed E-state index contributed by atoms with van der Waals surface area (Å²) in [6.07, 6.45) is -8.81. The van der Waals surface area contributed by atoms with Crippen molar-refractivity contribution in [2.45, 2.75) is 112 Å². The Morgan fingerprint density at radius 1 is 0.256 bits per heavy atom. The van der Waals surface area contributed by atoms with Crippen molar-refractivity contribution < 1.29 is 121 Å². The lowest BCUT2D eigenvalue weighted by molar-refractivity contribution is -0.210. The van der Waals surface area contributed by atoms with Gasteiger partial charge < -0.3 is 23.7 Å². The van der Waals surface area contributed by atoms with Crippen LogP contribution in [-0.2, 0) is 72.6 Å². The molecule has 0 aliphatic carbocycles. The molecule has 25 nitrogen and oxygen atoms in total. The first kappa shape index (κ1) is 70.6. The summed E-state index contributed by atoms with van der Waals surface area (Å²) in [5, 5.41) is 0. The van der Waals surface area contributed by atoms with Gasteiger partial charge >= 0.3 is 60.6 Å². The molecule has 2 unspecified atom stereocenters. The second-order valence-corrected chi connectivity index (χ2v) is 21.8. The molecular weight excluding hydrogens is 1180 g/mol. The zero-order chi connectivity index (χ0) is 65.9. The van der Waals surface area contributed by atoms with Crippen LogP contribution in [0.25, 0.3) is 0 Å². The molecule has 0 spiro atoms. The largest absolute Gasteiger partial charge is 0.549 e. The summed E-state index contributed by atoms with van der Waals surface area (Å²) in [7, 11) is 0. The Hall–Kier alpha value is -10.2. The Morgan fingerprint density at radius 2 is 0.444 bits per heavy atom. The van der Waals surface area contributed by atoms with Crippen molar-refractivity contribution in [2.75, 3.05) is 33.0 Å². The highest BCUT2D eigenvalue weighted by molar-refractivity contribution is 5.91. The minimum absolute atomic E-state index is 0.000259. The van der Waals surface area contributed by atoms with Crippen molar-refractivity contribution in [1.82, 2.24) is 0 Å². The first-order chi connectivity index (χ1) is 42.9. The van der Waals surface area contributed by atoms with E-state index in [9.17, 15) is 47.9 Å². The van der Waals surface area contributed by atoms with Crippen molar-refractivity contribution >= 4 is 60.6 Å². The zero-order valence-electron chi connectivity index (χ0n) is 51.3. The molecular formula is C65H72O25. The smallest absolute Gasteiger partial charge is 0.432 e. The topological polar surface area (TPSA) is 309 Å². The Labute approximate surface area is 518 Å². The van der Waals surface area contributed by atoms with Gasteiger partial charge in [-0.1, -0.05) is 130 Å². The van der Waals surface area contributed by atoms with Gasteiger partial charge in [0.15, 0.2) is 0 Å². The molecule has 0 amide bonds. The molecule has 0 bridgehead atoms. The van der Waals surface area contributed by atoms with E-state index in [0.29, 0.717) is 0 Å². The van der Waals surface area contributed by atoms with Crippen molar-refractivity contribution in [3.05, 3.63) is 177 Å². The second-order valence-electron chi connectivity index (χ2n) is 21.8. The van der Waals surface area contributed by atoms with Crippen LogP contribution in [0.2, 0.25) is 0 Å². The van der Waals surface area contributed by atoms with E-state index in [-0.39, 0.29) is 57.4 Å². The molecule has 2 atom stereocenters. The van der Waals surface area contributed by atoms with Gasteiger partial charge in [0, 0.05) is 17.8 Å². The molecule has 5 aromatic carbocycles. The summed E-state index contributed by atoms with van der Waals surface area (Å²) in [4.78, 5) is 177. The zero-order valence-corrected chi connectivity index (χ0v) is 51.3. The molecule has 0 aliphatic heterocycles. The summed E-state index contributed by atoms with van der Waals surface area (Å²) in [5.74, 6) is -8.77. The predicted octanol–water partition coefficient (Wildman–Crippen LogP) is 13.9. The molecule has 90 heavy (non-hydrogen) atoms. The number of hydrogen-bond donors (Lipinski definition) is 0. The Kier molecular flexibility index (Phi) is 27.9. The van der Waals surface area contributed by atoms with Crippen LogP contribution in [0.1, 0.15) is 191 Å². The van der Waals surface area contributed by atoms with Crippen LogP contribution in [0, 0.1) is 17.8 Å². The fraction of sp³-hybridized carbons (Fsp3) is 0.385. The first-order valence-electron chi connectivity index (χ1n) is 28.7. The highest BCUT2D eigenvalue weighted by Crippen LogP contribution is 2.30. The van der Waals surface area contributed by atoms with Gasteiger partial charge in [-0.15, -0.1) is 0 Å². The number of rotatable bonds is 24. The highest BCUT2D eigenvalue weighted by Gasteiger charge is 2.35. The van der Waals surface area contributed by atoms with E-state index in [0.717, 1.165) is 27.8 Å². The summed E-state index contributed by atoms with van der Waals surface area (Å²) < 4.78 is 26.6. The van der Waals surface area contributed by atoms with Crippen molar-refractivity contribution in [3.8, 4) is 0 Å². The van der Waals surface area contributed by atoms with Crippen LogP contribution in [0.5, 0.6) is 0 Å². The second kappa shape index (κ2) is 35.6. The minimum Gasteiger partial charge on any atom is -0.432 e. The molecule has 5 rings (SSSR count). The van der Waals surface area contributed by atoms with Gasteiger partial charge in [-0.3, -0.25) is 0 Å². The summed E-state index contributed by atoms with van der Waals surface area (Å²) >= 11 is 0. The van der Waals surface area contributed by atoms with Crippen LogP contribution in [0.15, 0.2) is 121 Å². The fourth-order valence-corrected chi connectivity index (χ4v) is 8.34. The average molecular weight is 1250 g/mol. The van der Waals surface area contributed by atoms with Crippen molar-refractivity contribution in [2.24, 2.45) is 17.8 Å². The van der Waals surface area contributed by atoms with Gasteiger partial charge in [0.25, 0.3) is 0 Å². The van der Waals surface area contributed by atoms with Crippen molar-refractivity contribution in [1.29, 1.82) is 0 Å². The molecule has 482 valence electrons. The summed E-state index contributed by atoms with van der Waals surface area (Å²) in [6, 6.07) is 31.2. The third-order valence-corrected chi connectivity index (χ3v) is 13.8. The molecule has 25 heteroatoms. The third kappa shape index (κ3) is 23.5. The van der Waals surface area contributed by atoms with Crippen LogP contribution in [0.4, 0.5) is 24.0 Å². The van der Waals surface area contributed by atoms with E-state index in [2.05, 4.69) is 19.6 Å². The number of carbonyl (C=O) groups excluding carboxylic acids is 10. The molecule has 0 N–H and O–H groups in total. The maximum Gasteiger partial charge on any atom is 0.549 e. The standard InChI is InChI=1S/C65H72O25/c1-38(2)43-11-21-48(22-12-43)56(66)81-86-61(71)76-33-31-53(35-78-63(73)88-83-58(68)50-25-15-45(16-26-50)40(5)6)55(37-80-65(75)90-85-60(70)52-29-19-47(20-30-52)42(9)10)54(36-79-64(74)89-84-59(69)51-27-17-46(18-28-51)41(7)8)32-34-77-62(72)87-82-57(67)49-23-13-44(14-24-49)39(3)4/h11-30,38-42,53-55H,31-37H2,1-10H3. The van der Waals surface area contributed by atoms with E-state index in [1.54, 1.807) is 60.7 Å². The molecule has 0 saturated heterocycles. The number of carbonyl (C=O) groups is 10. The third-order valence-electron chi connectivity index (χ3n) is 13.8. The quantitative estimate of drug-likeness (QED) is 0.0240. The van der Waals surface area contributed by atoms with Gasteiger partial charge in [0.1, 0.15) is 0 Å². The maximum absolute atomic E-state index is 13.3. The Bertz CT molecular complexity index is 3010. The van der Waals surface area contributed by atoms with E-state index < -0.39 is 124 Å². The maximum atomic E-state index is 13.3. The van der Waals surface area contributed by atoms with Gasteiger partial charge in [0.05, 0.1) is 60.9 Å². The lowest BCUT2D eigenvalue weighted by Crippen LogP contribution is -2.37. The molecule has 0 aromatic heterocycles. The molecule has 0 radical (unpaired) electrons. The summed E-state index contributed by atoms with van der Waals surface area (Å²) in [6.45, 7) is 15.5. The van der Waals surface area contributed by atoms with Crippen LogP contribution >= 0.6 is 0 Å². The summed E-state index contributed by atoms with van der Waals surface area (Å²) in [5.41, 5.74) is 4.55. The van der Waals surface area contributed by atoms with Gasteiger partial charge in [-0.05, 0) is 131 Å². The SMILES string of the molecule is CC(C)c1ccc(C(=O)OOC(=O)OCCC(COC(=O)OOC(=O)c2ccc(C(C)C)cc2)C(COC(=O)OOC(=O)c2ccc(C(C)C)cc2)C(CCOC(=O)OOC(=O)c2ccc(C(C)C)cc2)COC(=O)OOC(=O)c2ccc(C(C)C)cc2)cc1. The average Bonchev–Trinajstić information content (AvgIpc) is 2.75. The molecule has 0 saturated carbocycles. The molecule has 0 aliphatic rings. The van der Waals surface area contributed by atoms with E-state index in [1.807, 2.05) is 69.2 Å². The Morgan fingerprint density at radius 3 is 0.644 bits per heavy atom. The van der Waals surface area contributed by atoms with E-state index in [1.165, 1.54) is 60.7 Å². The number of hydrogen-bond acceptors (Lipinski definition) is 25. The molecule has 0 fully saturated rings. The fourth-order valence-electron chi connectivity index (χ4n) is 8.34. The highest BCUT2D eigenvalue weighted by atomic mass is 17.3. The van der Waals surface area contributed by atoms with E-state index >= 15 is 0 Å². The monoisotopic (exact) mass is 1250 g/mol. The van der Waals surface area contributed by atoms with Gasteiger partial charge in [0.2, 0.25) is 0 Å². The first-order valence-corrected chi connectivity index (χ1v) is 28.7. The van der Waals surface area contributed by atoms with Crippen molar-refractivity contribution in [3.63, 3.8) is 0 Å². The lowest BCUT2D eigenvalue weighted by Gasteiger charge is -2.32. The van der Waals surface area contributed by atoms with Crippen LogP contribution in [0.3, 0.4) is 0 Å². The van der Waals surface area contributed by atoms with Gasteiger partial charge in [-0.2, -0.15) is 24.0 Å². The number of benzene rings is 5. The Balaban J connectivity index is 1.42. The predicted molar refractivity (Wildman–Crippen MR) is 312 cm³/mol. The van der Waals surface area contributed by atoms with Crippen LogP contribution < -0.4 is 0 Å². The van der Waals surface area contributed by atoms with E-state index in [4.69, 9.17) is 53.0 Å². The lowest BCUT2D eigenvalue weighted by atomic mass is 9.79. The minimum atomic E-state index is -1.63. The normalized spacial score (nSPS) is 11.9. The van der Waals surface area contributed by atoms with Gasteiger partial charge in [-0.25, -0.2) is 72.8 Å².